The van der Waals surface area contributed by atoms with Crippen molar-refractivity contribution >= 4 is 5.91 Å². The average Bonchev–Trinajstić information content (AvgIpc) is 3.26. The molecule has 1 N–H and O–H groups in total. The van der Waals surface area contributed by atoms with Crippen LogP contribution in [0.1, 0.15) is 29.6 Å². The van der Waals surface area contributed by atoms with Crippen LogP contribution in [-0.2, 0) is 4.74 Å². The third kappa shape index (κ3) is 3.32. The van der Waals surface area contributed by atoms with E-state index in [4.69, 9.17) is 4.74 Å². The van der Waals surface area contributed by atoms with Gasteiger partial charge in [-0.15, -0.1) is 0 Å². The van der Waals surface area contributed by atoms with Crippen LogP contribution in [0.5, 0.6) is 0 Å². The Morgan fingerprint density at radius 3 is 3.04 bits per heavy atom. The molecule has 142 valence electrons. The minimum absolute atomic E-state index is 0.0184. The number of hydrogen-bond donors (Lipinski definition) is 1. The van der Waals surface area contributed by atoms with Gasteiger partial charge in [-0.2, -0.15) is 13.2 Å². The molecule has 1 amide bonds. The van der Waals surface area contributed by atoms with Crippen molar-refractivity contribution in [3.63, 3.8) is 0 Å². The molecule has 4 rings (SSSR count). The molecule has 0 aliphatic carbocycles. The lowest BCUT2D eigenvalue weighted by atomic mass is 9.73. The molecule has 0 saturated carbocycles. The normalized spacial score (nSPS) is 33.4. The lowest BCUT2D eigenvalue weighted by molar-refractivity contribution is -0.138. The number of nitrogens with zero attached hydrogens (tertiary/aromatic N) is 2. The Bertz CT molecular complexity index is 669. The molecule has 4 atom stereocenters. The topological polar surface area (TPSA) is 54.5 Å². The number of amides is 1. The lowest BCUT2D eigenvalue weighted by Crippen LogP contribution is -2.41. The van der Waals surface area contributed by atoms with E-state index in [1.807, 2.05) is 4.90 Å². The number of aromatic nitrogens is 1. The van der Waals surface area contributed by atoms with Gasteiger partial charge >= 0.3 is 6.18 Å². The van der Waals surface area contributed by atoms with E-state index < -0.39 is 12.6 Å². The van der Waals surface area contributed by atoms with Gasteiger partial charge in [-0.3, -0.25) is 14.7 Å². The molecule has 2 bridgehead atoms. The first-order valence-electron chi connectivity index (χ1n) is 9.01. The highest BCUT2D eigenvalue weighted by atomic mass is 19.4. The molecular formula is C18H22F3N3O2. The van der Waals surface area contributed by atoms with Gasteiger partial charge in [-0.1, -0.05) is 0 Å². The largest absolute Gasteiger partial charge is 0.390 e. The molecule has 3 fully saturated rings. The van der Waals surface area contributed by atoms with Gasteiger partial charge in [0.1, 0.15) is 0 Å². The van der Waals surface area contributed by atoms with Crippen molar-refractivity contribution in [2.45, 2.75) is 37.1 Å². The Labute approximate surface area is 149 Å². The van der Waals surface area contributed by atoms with Gasteiger partial charge in [0, 0.05) is 50.4 Å². The standard InChI is InChI=1S/C18H22F3N3O2/c19-18(20,21)5-7-24-10-14-13(15-3-4-17(14,11-24)26-15)9-23-16(25)12-2-1-6-22-8-12/h1-2,6,8,13-15H,3-5,7,9-11H2,(H,23,25)/t13-,14+,15+,17+/m0/s1. The third-order valence-corrected chi connectivity index (χ3v) is 5.99. The van der Waals surface area contributed by atoms with E-state index in [-0.39, 0.29) is 36.0 Å². The molecule has 0 radical (unpaired) electrons. The molecule has 26 heavy (non-hydrogen) atoms. The number of rotatable bonds is 5. The number of pyridine rings is 1. The number of hydrogen-bond acceptors (Lipinski definition) is 4. The van der Waals surface area contributed by atoms with E-state index in [9.17, 15) is 18.0 Å². The summed E-state index contributed by atoms with van der Waals surface area (Å²) in [6, 6.07) is 3.41. The first kappa shape index (κ1) is 17.7. The van der Waals surface area contributed by atoms with Crippen molar-refractivity contribution in [3.8, 4) is 0 Å². The second kappa shape index (κ2) is 6.49. The molecule has 1 spiro atoms. The van der Waals surface area contributed by atoms with E-state index in [1.165, 1.54) is 6.20 Å². The quantitative estimate of drug-likeness (QED) is 0.865. The van der Waals surface area contributed by atoms with Gasteiger partial charge in [0.25, 0.3) is 5.91 Å². The highest BCUT2D eigenvalue weighted by Gasteiger charge is 2.62. The van der Waals surface area contributed by atoms with Crippen molar-refractivity contribution < 1.29 is 22.7 Å². The minimum atomic E-state index is -4.13. The van der Waals surface area contributed by atoms with E-state index >= 15 is 0 Å². The molecule has 0 aromatic carbocycles. The molecule has 0 unspecified atom stereocenters. The SMILES string of the molecule is O=C(NC[C@H]1[C@H]2CN(CCC(F)(F)F)C[C@]23CC[C@H]1O3)c1cccnc1. The van der Waals surface area contributed by atoms with Crippen molar-refractivity contribution in [2.75, 3.05) is 26.2 Å². The molecule has 1 aromatic rings. The predicted octanol–water partition coefficient (Wildman–Crippen LogP) is 2.24. The van der Waals surface area contributed by atoms with Crippen molar-refractivity contribution in [1.82, 2.24) is 15.2 Å². The fourth-order valence-electron chi connectivity index (χ4n) is 4.82. The number of alkyl halides is 3. The highest BCUT2D eigenvalue weighted by Crippen LogP contribution is 2.54. The van der Waals surface area contributed by atoms with Gasteiger partial charge in [0.05, 0.1) is 23.7 Å². The number of likely N-dealkylation sites (tertiary alicyclic amines) is 1. The summed E-state index contributed by atoms with van der Waals surface area (Å²) >= 11 is 0. The van der Waals surface area contributed by atoms with Crippen molar-refractivity contribution in [1.29, 1.82) is 0 Å². The van der Waals surface area contributed by atoms with E-state index in [0.717, 1.165) is 12.8 Å². The second-order valence-electron chi connectivity index (χ2n) is 7.58. The van der Waals surface area contributed by atoms with Gasteiger partial charge in [-0.05, 0) is 25.0 Å². The zero-order valence-corrected chi connectivity index (χ0v) is 14.3. The van der Waals surface area contributed by atoms with Crippen LogP contribution in [0.15, 0.2) is 24.5 Å². The summed E-state index contributed by atoms with van der Waals surface area (Å²) in [5.41, 5.74) is 0.185. The summed E-state index contributed by atoms with van der Waals surface area (Å²) in [5, 5.41) is 2.95. The lowest BCUT2D eigenvalue weighted by Gasteiger charge is -2.29. The van der Waals surface area contributed by atoms with Crippen LogP contribution >= 0.6 is 0 Å². The maximum absolute atomic E-state index is 12.5. The number of ether oxygens (including phenoxy) is 1. The fraction of sp³-hybridized carbons (Fsp3) is 0.667. The number of halogens is 3. The van der Waals surface area contributed by atoms with Gasteiger partial charge in [-0.25, -0.2) is 0 Å². The van der Waals surface area contributed by atoms with Crippen molar-refractivity contribution in [2.24, 2.45) is 11.8 Å². The van der Waals surface area contributed by atoms with E-state index in [2.05, 4.69) is 10.3 Å². The first-order valence-corrected chi connectivity index (χ1v) is 9.01. The van der Waals surface area contributed by atoms with Crippen LogP contribution in [0.4, 0.5) is 13.2 Å². The Morgan fingerprint density at radius 2 is 2.31 bits per heavy atom. The van der Waals surface area contributed by atoms with Gasteiger partial charge < -0.3 is 10.1 Å². The van der Waals surface area contributed by atoms with Crippen LogP contribution in [0.25, 0.3) is 0 Å². The summed E-state index contributed by atoms with van der Waals surface area (Å²) in [6.45, 7) is 1.68. The summed E-state index contributed by atoms with van der Waals surface area (Å²) < 4.78 is 43.8. The molecule has 5 nitrogen and oxygen atoms in total. The maximum Gasteiger partial charge on any atom is 0.390 e. The number of carbonyl (C=O) groups is 1. The number of carbonyl (C=O) groups excluding carboxylic acids is 1. The summed E-state index contributed by atoms with van der Waals surface area (Å²) in [7, 11) is 0. The van der Waals surface area contributed by atoms with Crippen LogP contribution in [0.2, 0.25) is 0 Å². The first-order chi connectivity index (χ1) is 12.4. The summed E-state index contributed by atoms with van der Waals surface area (Å²) in [4.78, 5) is 18.1. The molecule has 8 heteroatoms. The predicted molar refractivity (Wildman–Crippen MR) is 87.5 cm³/mol. The zero-order chi connectivity index (χ0) is 18.4. The fourth-order valence-corrected chi connectivity index (χ4v) is 4.82. The smallest absolute Gasteiger partial charge is 0.370 e. The molecule has 3 aliphatic heterocycles. The highest BCUT2D eigenvalue weighted by molar-refractivity contribution is 5.93. The Balaban J connectivity index is 1.37. The monoisotopic (exact) mass is 369 g/mol. The van der Waals surface area contributed by atoms with Gasteiger partial charge in [0.15, 0.2) is 0 Å². The Kier molecular flexibility index (Phi) is 4.43. The van der Waals surface area contributed by atoms with Crippen molar-refractivity contribution in [3.05, 3.63) is 30.1 Å². The van der Waals surface area contributed by atoms with Crippen LogP contribution in [-0.4, -0.2) is 59.9 Å². The molecular weight excluding hydrogens is 347 g/mol. The van der Waals surface area contributed by atoms with E-state index in [1.54, 1.807) is 18.3 Å². The molecule has 3 aliphatic rings. The molecule has 1 aromatic heterocycles. The average molecular weight is 369 g/mol. The minimum Gasteiger partial charge on any atom is -0.370 e. The number of fused-ring (bicyclic) bond motifs is 1. The zero-order valence-electron chi connectivity index (χ0n) is 14.3. The Hall–Kier alpha value is -1.67. The summed E-state index contributed by atoms with van der Waals surface area (Å²) in [6.07, 6.45) is 0.113. The van der Waals surface area contributed by atoms with Crippen LogP contribution in [0.3, 0.4) is 0 Å². The van der Waals surface area contributed by atoms with Gasteiger partial charge in [0.2, 0.25) is 0 Å². The Morgan fingerprint density at radius 1 is 1.46 bits per heavy atom. The van der Waals surface area contributed by atoms with Crippen LogP contribution in [0, 0.1) is 11.8 Å². The van der Waals surface area contributed by atoms with Crippen LogP contribution < -0.4 is 5.32 Å². The second-order valence-corrected chi connectivity index (χ2v) is 7.58. The summed E-state index contributed by atoms with van der Waals surface area (Å²) in [5.74, 6) is 0.158. The third-order valence-electron chi connectivity index (χ3n) is 5.99. The molecule has 4 heterocycles. The van der Waals surface area contributed by atoms with E-state index in [0.29, 0.717) is 25.2 Å². The molecule has 3 saturated heterocycles. The maximum atomic E-state index is 12.5. The number of nitrogens with one attached hydrogen (secondary N) is 1.